The van der Waals surface area contributed by atoms with Crippen LogP contribution in [0, 0.1) is 0 Å². The van der Waals surface area contributed by atoms with E-state index in [1.165, 1.54) is 0 Å². The van der Waals surface area contributed by atoms with Crippen LogP contribution in [0.3, 0.4) is 0 Å². The molecule has 0 aliphatic carbocycles. The molecule has 0 aromatic carbocycles. The quantitative estimate of drug-likeness (QED) is 0.732. The van der Waals surface area contributed by atoms with Crippen LogP contribution in [0.1, 0.15) is 38.5 Å². The molecule has 3 N–H and O–H groups in total. The first-order valence-corrected chi connectivity index (χ1v) is 9.10. The van der Waals surface area contributed by atoms with Gasteiger partial charge in [0.25, 0.3) is 0 Å². The largest absolute Gasteiger partial charge is 0.495 e. The normalized spacial score (nSPS) is 42.0. The van der Waals surface area contributed by atoms with E-state index in [9.17, 15) is 0 Å². The molecule has 0 spiro atoms. The Morgan fingerprint density at radius 3 is 1.12 bits per heavy atom. The first kappa shape index (κ1) is 16.0. The monoisotopic (exact) mass is 333 g/mol. The second kappa shape index (κ2) is 7.59. The molecule has 0 bridgehead atoms. The third kappa shape index (κ3) is 3.61. The van der Waals surface area contributed by atoms with Gasteiger partial charge in [-0.1, -0.05) is 0 Å². The highest BCUT2D eigenvalue weighted by Crippen LogP contribution is 2.22. The molecule has 132 valence electrons. The third-order valence-corrected chi connectivity index (χ3v) is 5.10. The lowest BCUT2D eigenvalue weighted by Gasteiger charge is -2.46. The fourth-order valence-electron chi connectivity index (χ4n) is 3.76. The summed E-state index contributed by atoms with van der Waals surface area (Å²) in [5, 5.41) is 10.9. The lowest BCUT2D eigenvalue weighted by atomic mass is 10.0. The molecular formula is C18H27N3O3. The van der Waals surface area contributed by atoms with Crippen molar-refractivity contribution in [3.05, 3.63) is 37.0 Å². The predicted octanol–water partition coefficient (Wildman–Crippen LogP) is 1.83. The summed E-state index contributed by atoms with van der Waals surface area (Å²) in [5.41, 5.74) is 0. The van der Waals surface area contributed by atoms with E-state index in [1.54, 1.807) is 0 Å². The first-order valence-electron chi connectivity index (χ1n) is 9.10. The minimum absolute atomic E-state index is 0.0789. The van der Waals surface area contributed by atoms with Gasteiger partial charge in [-0.15, -0.1) is 0 Å². The third-order valence-electron chi connectivity index (χ3n) is 5.10. The summed E-state index contributed by atoms with van der Waals surface area (Å²) in [5.74, 6) is 0. The SMILES string of the molecule is C1=COC(C2NC(C3CCC=CO3)NC(C3CCC=CO3)N2)CC1. The second-order valence-electron chi connectivity index (χ2n) is 6.80. The molecule has 0 amide bonds. The topological polar surface area (TPSA) is 63.8 Å². The summed E-state index contributed by atoms with van der Waals surface area (Å²) in [6, 6.07) is 0. The van der Waals surface area contributed by atoms with Crippen molar-refractivity contribution >= 4 is 0 Å². The maximum absolute atomic E-state index is 5.85. The summed E-state index contributed by atoms with van der Waals surface area (Å²) in [7, 11) is 0. The molecule has 4 rings (SSSR count). The number of allylic oxidation sites excluding steroid dienone is 3. The molecule has 1 saturated heterocycles. The van der Waals surface area contributed by atoms with Crippen LogP contribution >= 0.6 is 0 Å². The van der Waals surface area contributed by atoms with Gasteiger partial charge in [-0.25, -0.2) is 0 Å². The fraction of sp³-hybridized carbons (Fsp3) is 0.667. The van der Waals surface area contributed by atoms with E-state index in [1.807, 2.05) is 18.8 Å². The molecule has 0 saturated carbocycles. The van der Waals surface area contributed by atoms with Crippen molar-refractivity contribution in [1.82, 2.24) is 16.0 Å². The Kier molecular flexibility index (Phi) is 5.06. The van der Waals surface area contributed by atoms with E-state index in [4.69, 9.17) is 14.2 Å². The molecule has 4 heterocycles. The van der Waals surface area contributed by atoms with Gasteiger partial charge in [0.2, 0.25) is 0 Å². The maximum Gasteiger partial charge on any atom is 0.127 e. The predicted molar refractivity (Wildman–Crippen MR) is 90.5 cm³/mol. The number of nitrogens with one attached hydrogen (secondary N) is 3. The van der Waals surface area contributed by atoms with Crippen LogP contribution in [0.15, 0.2) is 37.0 Å². The van der Waals surface area contributed by atoms with Crippen molar-refractivity contribution < 1.29 is 14.2 Å². The van der Waals surface area contributed by atoms with E-state index in [0.29, 0.717) is 0 Å². The standard InChI is InChI=1S/C18H27N3O3/c1-4-10-22-13(7-1)16-19-17(14-8-2-5-11-23-14)21-18(20-16)15-9-3-6-12-24-15/h4-6,10-21H,1-3,7-9H2. The van der Waals surface area contributed by atoms with Gasteiger partial charge in [0.05, 0.1) is 37.3 Å². The number of hydrogen-bond donors (Lipinski definition) is 3. The molecule has 4 aliphatic rings. The molecule has 0 aromatic rings. The smallest absolute Gasteiger partial charge is 0.127 e. The van der Waals surface area contributed by atoms with Crippen LogP contribution in [0.5, 0.6) is 0 Å². The second-order valence-corrected chi connectivity index (χ2v) is 6.80. The van der Waals surface area contributed by atoms with E-state index in [2.05, 4.69) is 34.2 Å². The average molecular weight is 333 g/mol. The molecule has 24 heavy (non-hydrogen) atoms. The molecule has 4 aliphatic heterocycles. The van der Waals surface area contributed by atoms with Gasteiger partial charge in [0.1, 0.15) is 18.3 Å². The number of rotatable bonds is 3. The molecule has 3 unspecified atom stereocenters. The zero-order valence-corrected chi connectivity index (χ0v) is 13.9. The molecule has 6 heteroatoms. The minimum Gasteiger partial charge on any atom is -0.495 e. The van der Waals surface area contributed by atoms with Crippen LogP contribution < -0.4 is 16.0 Å². The number of ether oxygens (including phenoxy) is 3. The van der Waals surface area contributed by atoms with Crippen molar-refractivity contribution in [1.29, 1.82) is 0 Å². The molecular weight excluding hydrogens is 306 g/mol. The molecule has 1 fully saturated rings. The van der Waals surface area contributed by atoms with E-state index in [0.717, 1.165) is 38.5 Å². The lowest BCUT2D eigenvalue weighted by Crippen LogP contribution is -2.75. The summed E-state index contributed by atoms with van der Waals surface area (Å²) < 4.78 is 17.5. The Hall–Kier alpha value is -1.50. The average Bonchev–Trinajstić information content (AvgIpc) is 2.70. The van der Waals surface area contributed by atoms with Crippen LogP contribution in [0.25, 0.3) is 0 Å². The lowest BCUT2D eigenvalue weighted by molar-refractivity contribution is -0.0343. The summed E-state index contributed by atoms with van der Waals surface area (Å²) in [4.78, 5) is 0. The Morgan fingerprint density at radius 1 is 0.542 bits per heavy atom. The summed E-state index contributed by atoms with van der Waals surface area (Å²) >= 11 is 0. The van der Waals surface area contributed by atoms with Gasteiger partial charge in [-0.2, -0.15) is 0 Å². The Bertz CT molecular complexity index is 430. The van der Waals surface area contributed by atoms with Crippen molar-refractivity contribution in [2.45, 2.75) is 75.3 Å². The Morgan fingerprint density at radius 2 is 0.875 bits per heavy atom. The number of hydrogen-bond acceptors (Lipinski definition) is 6. The highest BCUT2D eigenvalue weighted by Gasteiger charge is 2.40. The van der Waals surface area contributed by atoms with Gasteiger partial charge in [0, 0.05) is 0 Å². The van der Waals surface area contributed by atoms with E-state index < -0.39 is 0 Å². The van der Waals surface area contributed by atoms with Crippen LogP contribution in [0.2, 0.25) is 0 Å². The van der Waals surface area contributed by atoms with Crippen molar-refractivity contribution in [2.24, 2.45) is 0 Å². The maximum atomic E-state index is 5.85. The van der Waals surface area contributed by atoms with Crippen LogP contribution in [0.4, 0.5) is 0 Å². The van der Waals surface area contributed by atoms with Gasteiger partial charge in [-0.05, 0) is 56.8 Å². The van der Waals surface area contributed by atoms with Gasteiger partial charge in [-0.3, -0.25) is 16.0 Å². The zero-order valence-electron chi connectivity index (χ0n) is 13.9. The van der Waals surface area contributed by atoms with Crippen LogP contribution in [-0.2, 0) is 14.2 Å². The van der Waals surface area contributed by atoms with Crippen molar-refractivity contribution in [3.8, 4) is 0 Å². The molecule has 3 atom stereocenters. The fourth-order valence-corrected chi connectivity index (χ4v) is 3.76. The van der Waals surface area contributed by atoms with Crippen molar-refractivity contribution in [3.63, 3.8) is 0 Å². The van der Waals surface area contributed by atoms with E-state index >= 15 is 0 Å². The first-order chi connectivity index (χ1) is 11.9. The summed E-state index contributed by atoms with van der Waals surface area (Å²) in [6.07, 6.45) is 18.5. The Labute approximate surface area is 143 Å². The highest BCUT2D eigenvalue weighted by molar-refractivity contribution is 4.99. The summed E-state index contributed by atoms with van der Waals surface area (Å²) in [6.45, 7) is 0. The molecule has 0 radical (unpaired) electrons. The zero-order chi connectivity index (χ0) is 16.2. The highest BCUT2D eigenvalue weighted by atomic mass is 16.5. The molecule has 0 aromatic heterocycles. The van der Waals surface area contributed by atoms with Crippen molar-refractivity contribution in [2.75, 3.05) is 0 Å². The van der Waals surface area contributed by atoms with E-state index in [-0.39, 0.29) is 36.8 Å². The Balaban J connectivity index is 1.47. The van der Waals surface area contributed by atoms with Gasteiger partial charge < -0.3 is 14.2 Å². The molecule has 6 nitrogen and oxygen atoms in total. The van der Waals surface area contributed by atoms with Gasteiger partial charge >= 0.3 is 0 Å². The van der Waals surface area contributed by atoms with Gasteiger partial charge in [0.15, 0.2) is 0 Å². The van der Waals surface area contributed by atoms with Crippen LogP contribution in [-0.4, -0.2) is 36.8 Å². The minimum atomic E-state index is 0.0789.